The van der Waals surface area contributed by atoms with Crippen molar-refractivity contribution >= 4 is 23.1 Å². The highest BCUT2D eigenvalue weighted by Crippen LogP contribution is 2.35. The second-order valence-corrected chi connectivity index (χ2v) is 7.25. The zero-order chi connectivity index (χ0) is 19.4. The van der Waals surface area contributed by atoms with Crippen molar-refractivity contribution in [3.63, 3.8) is 0 Å². The number of benzene rings is 2. The number of allylic oxidation sites excluding steroid dienone is 1. The number of aryl methyl sites for hydroxylation is 2. The van der Waals surface area contributed by atoms with E-state index in [9.17, 15) is 9.18 Å². The van der Waals surface area contributed by atoms with Crippen molar-refractivity contribution in [3.05, 3.63) is 69.5 Å². The van der Waals surface area contributed by atoms with Crippen molar-refractivity contribution in [1.82, 2.24) is 0 Å². The zero-order valence-corrected chi connectivity index (χ0v) is 16.0. The molecular weight excluding hydrogens is 367 g/mol. The minimum absolute atomic E-state index is 0.119. The summed E-state index contributed by atoms with van der Waals surface area (Å²) in [5, 5.41) is 8.93. The Hall–Kier alpha value is -2.33. The monoisotopic (exact) mass is 388 g/mol. The predicted octanol–water partition coefficient (Wildman–Crippen LogP) is 5.82. The maximum absolute atomic E-state index is 13.8. The number of hydrogen-bond donors (Lipinski definition) is 1. The van der Waals surface area contributed by atoms with E-state index in [1.54, 1.807) is 6.07 Å². The van der Waals surface area contributed by atoms with E-state index in [0.717, 1.165) is 47.3 Å². The second-order valence-electron chi connectivity index (χ2n) is 6.85. The second kappa shape index (κ2) is 8.57. The summed E-state index contributed by atoms with van der Waals surface area (Å²) >= 11 is 5.79. The van der Waals surface area contributed by atoms with Gasteiger partial charge in [0.2, 0.25) is 0 Å². The molecule has 2 aromatic carbocycles. The Morgan fingerprint density at radius 3 is 2.74 bits per heavy atom. The minimum Gasteiger partial charge on any atom is -0.489 e. The van der Waals surface area contributed by atoms with E-state index in [1.807, 2.05) is 31.2 Å². The fraction of sp³-hybridized carbons (Fsp3) is 0.318. The highest BCUT2D eigenvalue weighted by molar-refractivity contribution is 6.30. The molecule has 0 spiro atoms. The Bertz CT molecular complexity index is 889. The molecule has 5 heteroatoms. The molecule has 0 bridgehead atoms. The lowest BCUT2D eigenvalue weighted by Gasteiger charge is -2.13. The fourth-order valence-corrected chi connectivity index (χ4v) is 3.56. The van der Waals surface area contributed by atoms with E-state index >= 15 is 0 Å². The van der Waals surface area contributed by atoms with E-state index in [-0.39, 0.29) is 11.4 Å². The number of hydrogen-bond acceptors (Lipinski definition) is 2. The lowest BCUT2D eigenvalue weighted by molar-refractivity contribution is -0.136. The van der Waals surface area contributed by atoms with Crippen LogP contribution in [0, 0.1) is 12.7 Å². The molecule has 0 fully saturated rings. The maximum atomic E-state index is 13.8. The zero-order valence-electron chi connectivity index (χ0n) is 15.2. The fourth-order valence-electron chi connectivity index (χ4n) is 3.44. The van der Waals surface area contributed by atoms with Crippen molar-refractivity contribution in [2.75, 3.05) is 6.61 Å². The van der Waals surface area contributed by atoms with Gasteiger partial charge in [0.05, 0.1) is 5.02 Å². The van der Waals surface area contributed by atoms with Gasteiger partial charge in [-0.15, -0.1) is 0 Å². The highest BCUT2D eigenvalue weighted by atomic mass is 35.5. The molecule has 0 aliphatic heterocycles. The van der Waals surface area contributed by atoms with Gasteiger partial charge < -0.3 is 9.84 Å². The number of halogens is 2. The Labute approximate surface area is 163 Å². The van der Waals surface area contributed by atoms with Crippen LogP contribution in [0.15, 0.2) is 42.0 Å². The summed E-state index contributed by atoms with van der Waals surface area (Å²) in [6.07, 6.45) is 3.51. The first-order valence-corrected chi connectivity index (χ1v) is 9.42. The number of carboxylic acid groups (broad SMARTS) is 1. The van der Waals surface area contributed by atoms with Crippen molar-refractivity contribution < 1.29 is 19.0 Å². The molecule has 0 radical (unpaired) electrons. The smallest absolute Gasteiger partial charge is 0.303 e. The third-order valence-electron chi connectivity index (χ3n) is 4.87. The van der Waals surface area contributed by atoms with Crippen molar-refractivity contribution in [3.8, 4) is 5.75 Å². The van der Waals surface area contributed by atoms with Crippen LogP contribution >= 0.6 is 11.6 Å². The topological polar surface area (TPSA) is 46.5 Å². The van der Waals surface area contributed by atoms with E-state index in [4.69, 9.17) is 21.4 Å². The van der Waals surface area contributed by atoms with Crippen LogP contribution in [-0.2, 0) is 11.2 Å². The molecule has 3 nitrogen and oxygen atoms in total. The summed E-state index contributed by atoms with van der Waals surface area (Å²) in [6.45, 7) is 2.42. The first-order chi connectivity index (χ1) is 12.9. The van der Waals surface area contributed by atoms with E-state index < -0.39 is 11.8 Å². The van der Waals surface area contributed by atoms with Crippen LogP contribution in [0.25, 0.3) is 5.57 Å². The summed E-state index contributed by atoms with van der Waals surface area (Å²) in [5.74, 6) is -0.413. The molecule has 27 heavy (non-hydrogen) atoms. The molecule has 0 heterocycles. The molecule has 0 saturated carbocycles. The average molecular weight is 389 g/mol. The molecule has 142 valence electrons. The third kappa shape index (κ3) is 4.89. The summed E-state index contributed by atoms with van der Waals surface area (Å²) in [7, 11) is 0. The molecule has 3 rings (SSSR count). The van der Waals surface area contributed by atoms with Crippen LogP contribution < -0.4 is 4.74 Å². The van der Waals surface area contributed by atoms with Crippen LogP contribution in [0.2, 0.25) is 5.02 Å². The molecular formula is C22H22ClFO3. The SMILES string of the molecule is Cc1cc(CCC(=O)O)ccc1OCC1=C(c2ccc(Cl)c(F)c2)CCC1. The largest absolute Gasteiger partial charge is 0.489 e. The van der Waals surface area contributed by atoms with Gasteiger partial charge in [-0.2, -0.15) is 0 Å². The van der Waals surface area contributed by atoms with Gasteiger partial charge in [0, 0.05) is 6.42 Å². The molecule has 2 aromatic rings. The van der Waals surface area contributed by atoms with E-state index in [2.05, 4.69) is 0 Å². The van der Waals surface area contributed by atoms with Crippen molar-refractivity contribution in [2.45, 2.75) is 39.0 Å². The van der Waals surface area contributed by atoms with E-state index in [0.29, 0.717) is 13.0 Å². The van der Waals surface area contributed by atoms with Crippen molar-refractivity contribution in [2.24, 2.45) is 0 Å². The highest BCUT2D eigenvalue weighted by Gasteiger charge is 2.18. The summed E-state index contributed by atoms with van der Waals surface area (Å²) in [4.78, 5) is 10.7. The average Bonchev–Trinajstić information content (AvgIpc) is 3.10. The molecule has 0 saturated heterocycles. The number of rotatable bonds is 7. The molecule has 0 aromatic heterocycles. The predicted molar refractivity (Wildman–Crippen MR) is 105 cm³/mol. The summed E-state index contributed by atoms with van der Waals surface area (Å²) < 4.78 is 19.8. The quantitative estimate of drug-likeness (QED) is 0.649. The van der Waals surface area contributed by atoms with Gasteiger partial charge in [0.25, 0.3) is 0 Å². The Balaban J connectivity index is 1.71. The molecule has 1 aliphatic rings. The van der Waals surface area contributed by atoms with Crippen LogP contribution in [0.1, 0.15) is 42.4 Å². The lowest BCUT2D eigenvalue weighted by Crippen LogP contribution is -2.03. The number of aliphatic carboxylic acids is 1. The summed E-state index contributed by atoms with van der Waals surface area (Å²) in [5.41, 5.74) is 5.16. The number of carbonyl (C=O) groups is 1. The van der Waals surface area contributed by atoms with Gasteiger partial charge in [-0.05, 0) is 78.6 Å². The Kier molecular flexibility index (Phi) is 6.17. The molecule has 0 unspecified atom stereocenters. The van der Waals surface area contributed by atoms with Gasteiger partial charge in [0.1, 0.15) is 18.2 Å². The van der Waals surface area contributed by atoms with Gasteiger partial charge >= 0.3 is 5.97 Å². The molecule has 1 aliphatic carbocycles. The normalized spacial score (nSPS) is 13.9. The molecule has 0 amide bonds. The van der Waals surface area contributed by atoms with Crippen LogP contribution in [-0.4, -0.2) is 17.7 Å². The lowest BCUT2D eigenvalue weighted by atomic mass is 10.0. The van der Waals surface area contributed by atoms with Crippen molar-refractivity contribution in [1.29, 1.82) is 0 Å². The number of carboxylic acids is 1. The third-order valence-corrected chi connectivity index (χ3v) is 5.18. The first kappa shape index (κ1) is 19.4. The van der Waals surface area contributed by atoms with Gasteiger partial charge in [-0.3, -0.25) is 4.79 Å². The first-order valence-electron chi connectivity index (χ1n) is 9.04. The Morgan fingerprint density at radius 2 is 2.04 bits per heavy atom. The summed E-state index contributed by atoms with van der Waals surface area (Å²) in [6, 6.07) is 10.7. The van der Waals surface area contributed by atoms with Crippen LogP contribution in [0.3, 0.4) is 0 Å². The van der Waals surface area contributed by atoms with E-state index in [1.165, 1.54) is 11.6 Å². The molecule has 0 atom stereocenters. The van der Waals surface area contributed by atoms with Crippen LogP contribution in [0.5, 0.6) is 5.75 Å². The standard InChI is InChI=1S/C22H22ClFO3/c1-14-11-15(6-10-22(25)26)5-9-21(14)27-13-17-3-2-4-18(17)16-7-8-19(23)20(24)12-16/h5,7-9,11-12H,2-4,6,10,13H2,1H3,(H,25,26). The minimum atomic E-state index is -0.799. The van der Waals surface area contributed by atoms with Crippen LogP contribution in [0.4, 0.5) is 4.39 Å². The van der Waals surface area contributed by atoms with Gasteiger partial charge in [-0.1, -0.05) is 29.8 Å². The van der Waals surface area contributed by atoms with Gasteiger partial charge in [0.15, 0.2) is 0 Å². The number of ether oxygens (including phenoxy) is 1. The maximum Gasteiger partial charge on any atom is 0.303 e. The Morgan fingerprint density at radius 1 is 1.22 bits per heavy atom. The molecule has 1 N–H and O–H groups in total. The van der Waals surface area contributed by atoms with Gasteiger partial charge in [-0.25, -0.2) is 4.39 Å².